The Labute approximate surface area is 131 Å². The minimum Gasteiger partial charge on any atom is -0.396 e. The van der Waals surface area contributed by atoms with E-state index in [2.05, 4.69) is 16.5 Å². The van der Waals surface area contributed by atoms with Crippen molar-refractivity contribution in [1.82, 2.24) is 9.62 Å². The number of rotatable bonds is 7. The number of hydrogen-bond acceptors (Lipinski definition) is 5. The standard InChI is InChI=1S/C14H24N2O3S2/c1-2-8-16-9-5-12(6-10-16)15-21(18,19)14-4-3-13(20-14)7-11-17/h3-4,12,15,17H,2,5-11H2,1H3. The van der Waals surface area contributed by atoms with Crippen LogP contribution in [0.2, 0.25) is 0 Å². The van der Waals surface area contributed by atoms with E-state index in [0.29, 0.717) is 10.6 Å². The Balaban J connectivity index is 1.92. The van der Waals surface area contributed by atoms with Crippen LogP contribution < -0.4 is 4.72 Å². The fourth-order valence-corrected chi connectivity index (χ4v) is 5.28. The van der Waals surface area contributed by atoms with Crippen molar-refractivity contribution in [3.05, 3.63) is 17.0 Å². The third kappa shape index (κ3) is 4.75. The maximum absolute atomic E-state index is 12.3. The summed E-state index contributed by atoms with van der Waals surface area (Å²) in [5.41, 5.74) is 0. The number of nitrogens with zero attached hydrogens (tertiary/aromatic N) is 1. The number of hydrogen-bond donors (Lipinski definition) is 2. The number of aliphatic hydroxyl groups excluding tert-OH is 1. The van der Waals surface area contributed by atoms with Crippen molar-refractivity contribution in [2.45, 2.75) is 42.9 Å². The number of thiophene rings is 1. The van der Waals surface area contributed by atoms with E-state index >= 15 is 0 Å². The average Bonchev–Trinajstić information content (AvgIpc) is 2.91. The van der Waals surface area contributed by atoms with Crippen molar-refractivity contribution in [3.63, 3.8) is 0 Å². The monoisotopic (exact) mass is 332 g/mol. The molecule has 0 radical (unpaired) electrons. The zero-order valence-corrected chi connectivity index (χ0v) is 14.0. The second kappa shape index (κ2) is 7.69. The summed E-state index contributed by atoms with van der Waals surface area (Å²) in [7, 11) is -3.42. The van der Waals surface area contributed by atoms with Gasteiger partial charge in [-0.1, -0.05) is 6.92 Å². The zero-order chi connectivity index (χ0) is 15.3. The molecule has 7 heteroatoms. The summed E-state index contributed by atoms with van der Waals surface area (Å²) in [6.45, 7) is 5.22. The van der Waals surface area contributed by atoms with Gasteiger partial charge in [0, 0.05) is 23.9 Å². The molecule has 1 aliphatic rings. The van der Waals surface area contributed by atoms with Crippen LogP contribution in [0.25, 0.3) is 0 Å². The summed E-state index contributed by atoms with van der Waals surface area (Å²) in [6, 6.07) is 3.44. The van der Waals surface area contributed by atoms with Crippen molar-refractivity contribution in [1.29, 1.82) is 0 Å². The van der Waals surface area contributed by atoms with Gasteiger partial charge >= 0.3 is 0 Å². The van der Waals surface area contributed by atoms with Crippen LogP contribution in [-0.2, 0) is 16.4 Å². The van der Waals surface area contributed by atoms with Crippen LogP contribution in [0.3, 0.4) is 0 Å². The molecule has 0 spiro atoms. The molecular weight excluding hydrogens is 308 g/mol. The minimum absolute atomic E-state index is 0.0338. The van der Waals surface area contributed by atoms with Gasteiger partial charge in [-0.3, -0.25) is 0 Å². The molecule has 0 atom stereocenters. The molecule has 2 heterocycles. The Morgan fingerprint density at radius 2 is 2.10 bits per heavy atom. The topological polar surface area (TPSA) is 69.6 Å². The summed E-state index contributed by atoms with van der Waals surface area (Å²) in [5, 5.41) is 8.90. The van der Waals surface area contributed by atoms with E-state index in [0.717, 1.165) is 43.8 Å². The van der Waals surface area contributed by atoms with Crippen LogP contribution in [0.5, 0.6) is 0 Å². The summed E-state index contributed by atoms with van der Waals surface area (Å²) >= 11 is 1.24. The molecule has 0 bridgehead atoms. The molecule has 1 aliphatic heterocycles. The van der Waals surface area contributed by atoms with Gasteiger partial charge in [0.05, 0.1) is 0 Å². The molecule has 0 aromatic carbocycles. The highest BCUT2D eigenvalue weighted by Gasteiger charge is 2.25. The van der Waals surface area contributed by atoms with E-state index in [4.69, 9.17) is 5.11 Å². The normalized spacial score (nSPS) is 18.2. The van der Waals surface area contributed by atoms with Crippen LogP contribution >= 0.6 is 11.3 Å². The highest BCUT2D eigenvalue weighted by Crippen LogP contribution is 2.23. The minimum atomic E-state index is -3.42. The van der Waals surface area contributed by atoms with Gasteiger partial charge < -0.3 is 10.0 Å². The second-order valence-electron chi connectivity index (χ2n) is 5.43. The third-order valence-corrected chi connectivity index (χ3v) is 6.87. The van der Waals surface area contributed by atoms with Crippen LogP contribution in [-0.4, -0.2) is 50.7 Å². The van der Waals surface area contributed by atoms with E-state index in [9.17, 15) is 8.42 Å². The Morgan fingerprint density at radius 1 is 1.38 bits per heavy atom. The Kier molecular flexibility index (Phi) is 6.19. The predicted octanol–water partition coefficient (Wildman–Crippen LogP) is 1.44. The first-order chi connectivity index (χ1) is 10.0. The summed E-state index contributed by atoms with van der Waals surface area (Å²) in [6.07, 6.45) is 3.39. The van der Waals surface area contributed by atoms with Crippen LogP contribution in [0.15, 0.2) is 16.3 Å². The van der Waals surface area contributed by atoms with Crippen molar-refractivity contribution >= 4 is 21.4 Å². The first-order valence-electron chi connectivity index (χ1n) is 7.49. The maximum Gasteiger partial charge on any atom is 0.250 e. The molecule has 0 aliphatic carbocycles. The van der Waals surface area contributed by atoms with Crippen LogP contribution in [0.4, 0.5) is 0 Å². The van der Waals surface area contributed by atoms with E-state index in [-0.39, 0.29) is 12.6 Å². The van der Waals surface area contributed by atoms with Gasteiger partial charge in [-0.2, -0.15) is 0 Å². The molecule has 2 rings (SSSR count). The largest absolute Gasteiger partial charge is 0.396 e. The van der Waals surface area contributed by atoms with Gasteiger partial charge in [0.1, 0.15) is 4.21 Å². The molecule has 1 fully saturated rings. The molecule has 2 N–H and O–H groups in total. The van der Waals surface area contributed by atoms with Crippen molar-refractivity contribution in [2.24, 2.45) is 0 Å². The van der Waals surface area contributed by atoms with E-state index < -0.39 is 10.0 Å². The van der Waals surface area contributed by atoms with Crippen LogP contribution in [0, 0.1) is 0 Å². The number of sulfonamides is 1. The molecule has 120 valence electrons. The zero-order valence-electron chi connectivity index (χ0n) is 12.4. The van der Waals surface area contributed by atoms with Crippen molar-refractivity contribution < 1.29 is 13.5 Å². The fraction of sp³-hybridized carbons (Fsp3) is 0.714. The average molecular weight is 332 g/mol. The second-order valence-corrected chi connectivity index (χ2v) is 8.54. The number of piperidine rings is 1. The summed E-state index contributed by atoms with van der Waals surface area (Å²) in [4.78, 5) is 3.28. The van der Waals surface area contributed by atoms with Gasteiger partial charge in [0.2, 0.25) is 10.0 Å². The first-order valence-corrected chi connectivity index (χ1v) is 9.79. The van der Waals surface area contributed by atoms with Crippen molar-refractivity contribution in [3.8, 4) is 0 Å². The molecule has 1 aromatic heterocycles. The molecule has 5 nitrogen and oxygen atoms in total. The molecule has 21 heavy (non-hydrogen) atoms. The molecule has 1 saturated heterocycles. The molecule has 0 unspecified atom stereocenters. The third-order valence-electron chi connectivity index (χ3n) is 3.71. The van der Waals surface area contributed by atoms with E-state index in [1.807, 2.05) is 0 Å². The van der Waals surface area contributed by atoms with Gasteiger partial charge in [-0.15, -0.1) is 11.3 Å². The molecule has 1 aromatic rings. The van der Waals surface area contributed by atoms with Gasteiger partial charge in [0.25, 0.3) is 0 Å². The fourth-order valence-electron chi connectivity index (χ4n) is 2.62. The Hall–Kier alpha value is -0.470. The highest BCUT2D eigenvalue weighted by atomic mass is 32.2. The van der Waals surface area contributed by atoms with E-state index in [1.165, 1.54) is 11.3 Å². The lowest BCUT2D eigenvalue weighted by Crippen LogP contribution is -2.44. The SMILES string of the molecule is CCCN1CCC(NS(=O)(=O)c2ccc(CCO)s2)CC1. The van der Waals surface area contributed by atoms with Gasteiger partial charge in [-0.05, 0) is 51.0 Å². The first kappa shape index (κ1) is 16.9. The summed E-state index contributed by atoms with van der Waals surface area (Å²) < 4.78 is 27.9. The number of likely N-dealkylation sites (tertiary alicyclic amines) is 1. The lowest BCUT2D eigenvalue weighted by Gasteiger charge is -2.31. The number of nitrogens with one attached hydrogen (secondary N) is 1. The van der Waals surface area contributed by atoms with Crippen LogP contribution in [0.1, 0.15) is 31.1 Å². The Bertz CT molecular complexity index is 534. The highest BCUT2D eigenvalue weighted by molar-refractivity contribution is 7.91. The maximum atomic E-state index is 12.3. The number of aliphatic hydroxyl groups is 1. The predicted molar refractivity (Wildman–Crippen MR) is 85.2 cm³/mol. The molecule has 0 amide bonds. The molecular formula is C14H24N2O3S2. The lowest BCUT2D eigenvalue weighted by atomic mass is 10.1. The lowest BCUT2D eigenvalue weighted by molar-refractivity contribution is 0.208. The smallest absolute Gasteiger partial charge is 0.250 e. The summed E-state index contributed by atoms with van der Waals surface area (Å²) in [5.74, 6) is 0. The van der Waals surface area contributed by atoms with Gasteiger partial charge in [-0.25, -0.2) is 13.1 Å². The quantitative estimate of drug-likeness (QED) is 0.793. The van der Waals surface area contributed by atoms with E-state index in [1.54, 1.807) is 12.1 Å². The Morgan fingerprint density at radius 3 is 2.71 bits per heavy atom. The molecule has 0 saturated carbocycles. The van der Waals surface area contributed by atoms with Gasteiger partial charge in [0.15, 0.2) is 0 Å². The van der Waals surface area contributed by atoms with Crippen molar-refractivity contribution in [2.75, 3.05) is 26.2 Å².